The van der Waals surface area contributed by atoms with Gasteiger partial charge >= 0.3 is 0 Å². The molecule has 1 aliphatic heterocycles. The van der Waals surface area contributed by atoms with E-state index in [-0.39, 0.29) is 5.82 Å². The van der Waals surface area contributed by atoms with Gasteiger partial charge in [-0.05, 0) is 62.5 Å². The van der Waals surface area contributed by atoms with Gasteiger partial charge in [-0.3, -0.25) is 0 Å². The van der Waals surface area contributed by atoms with Crippen LogP contribution in [0.3, 0.4) is 0 Å². The Hall–Kier alpha value is -0.890. The van der Waals surface area contributed by atoms with E-state index in [0.717, 1.165) is 37.9 Å². The second-order valence-electron chi connectivity index (χ2n) is 4.74. The minimum Gasteiger partial charge on any atom is -0.306 e. The highest BCUT2D eigenvalue weighted by Gasteiger charge is 2.21. The lowest BCUT2D eigenvalue weighted by atomic mass is 9.86. The highest BCUT2D eigenvalue weighted by Crippen LogP contribution is 2.31. The maximum Gasteiger partial charge on any atom is 0.126 e. The Labute approximate surface area is 97.3 Å². The van der Waals surface area contributed by atoms with E-state index in [1.165, 1.54) is 5.56 Å². The summed E-state index contributed by atoms with van der Waals surface area (Å²) in [6.45, 7) is 4.30. The lowest BCUT2D eigenvalue weighted by molar-refractivity contribution is 0.254. The molecule has 1 aromatic rings. The molecular formula is C14H20FN. The van der Waals surface area contributed by atoms with Gasteiger partial charge in [0, 0.05) is 0 Å². The molecule has 0 N–H and O–H groups in total. The van der Waals surface area contributed by atoms with Crippen LogP contribution in [0.15, 0.2) is 18.2 Å². The summed E-state index contributed by atoms with van der Waals surface area (Å²) >= 11 is 0. The largest absolute Gasteiger partial charge is 0.306 e. The Morgan fingerprint density at radius 2 is 2.00 bits per heavy atom. The summed E-state index contributed by atoms with van der Waals surface area (Å²) in [5, 5.41) is 0. The predicted octanol–water partition coefficient (Wildman–Crippen LogP) is 3.20. The Morgan fingerprint density at radius 1 is 1.31 bits per heavy atom. The second-order valence-corrected chi connectivity index (χ2v) is 4.74. The standard InChI is InChI=1S/C14H20FN/c1-3-12-13(5-4-6-14(12)15)11-7-9-16(2)10-8-11/h4-6,11H,3,7-10H2,1-2H3. The summed E-state index contributed by atoms with van der Waals surface area (Å²) in [5.74, 6) is 0.528. The molecule has 0 atom stereocenters. The first-order valence-electron chi connectivity index (χ1n) is 6.18. The van der Waals surface area contributed by atoms with Crippen molar-refractivity contribution in [1.82, 2.24) is 4.90 Å². The molecule has 2 rings (SSSR count). The van der Waals surface area contributed by atoms with Crippen LogP contribution >= 0.6 is 0 Å². The predicted molar refractivity (Wildman–Crippen MR) is 65.3 cm³/mol. The van der Waals surface area contributed by atoms with E-state index in [1.807, 2.05) is 13.0 Å². The van der Waals surface area contributed by atoms with Crippen LogP contribution in [0.2, 0.25) is 0 Å². The topological polar surface area (TPSA) is 3.24 Å². The number of piperidine rings is 1. The number of rotatable bonds is 2. The highest BCUT2D eigenvalue weighted by atomic mass is 19.1. The fourth-order valence-corrected chi connectivity index (χ4v) is 2.65. The molecule has 0 saturated carbocycles. The van der Waals surface area contributed by atoms with Crippen LogP contribution in [0.1, 0.15) is 36.8 Å². The van der Waals surface area contributed by atoms with Crippen molar-refractivity contribution in [3.05, 3.63) is 35.1 Å². The first kappa shape index (κ1) is 11.6. The van der Waals surface area contributed by atoms with Crippen molar-refractivity contribution in [2.75, 3.05) is 20.1 Å². The molecule has 0 spiro atoms. The third-order valence-electron chi connectivity index (χ3n) is 3.67. The van der Waals surface area contributed by atoms with Crippen molar-refractivity contribution in [2.24, 2.45) is 0 Å². The second kappa shape index (κ2) is 4.96. The normalized spacial score (nSPS) is 18.9. The third kappa shape index (κ3) is 2.27. The quantitative estimate of drug-likeness (QED) is 0.741. The molecule has 0 amide bonds. The Kier molecular flexibility index (Phi) is 3.59. The van der Waals surface area contributed by atoms with Gasteiger partial charge in [0.05, 0.1) is 0 Å². The zero-order valence-electron chi connectivity index (χ0n) is 10.2. The number of hydrogen-bond donors (Lipinski definition) is 0. The lowest BCUT2D eigenvalue weighted by Crippen LogP contribution is -2.29. The smallest absolute Gasteiger partial charge is 0.126 e. The maximum atomic E-state index is 13.7. The molecule has 0 radical (unpaired) electrons. The van der Waals surface area contributed by atoms with E-state index >= 15 is 0 Å². The fraction of sp³-hybridized carbons (Fsp3) is 0.571. The molecule has 0 unspecified atom stereocenters. The average molecular weight is 221 g/mol. The van der Waals surface area contributed by atoms with E-state index < -0.39 is 0 Å². The Morgan fingerprint density at radius 3 is 2.62 bits per heavy atom. The average Bonchev–Trinajstić information content (AvgIpc) is 2.30. The third-order valence-corrected chi connectivity index (χ3v) is 3.67. The van der Waals surface area contributed by atoms with Gasteiger partial charge in [-0.1, -0.05) is 19.1 Å². The molecule has 1 heterocycles. The van der Waals surface area contributed by atoms with Gasteiger partial charge in [-0.15, -0.1) is 0 Å². The van der Waals surface area contributed by atoms with E-state index in [0.29, 0.717) is 5.92 Å². The molecule has 0 bridgehead atoms. The van der Waals surface area contributed by atoms with Gasteiger partial charge in [0.2, 0.25) is 0 Å². The van der Waals surface area contributed by atoms with Crippen molar-refractivity contribution >= 4 is 0 Å². The summed E-state index contributed by atoms with van der Waals surface area (Å²) in [7, 11) is 2.16. The van der Waals surface area contributed by atoms with Crippen molar-refractivity contribution in [3.8, 4) is 0 Å². The van der Waals surface area contributed by atoms with Crippen LogP contribution in [-0.4, -0.2) is 25.0 Å². The van der Waals surface area contributed by atoms with Crippen LogP contribution in [0, 0.1) is 5.82 Å². The monoisotopic (exact) mass is 221 g/mol. The van der Waals surface area contributed by atoms with Crippen LogP contribution < -0.4 is 0 Å². The molecular weight excluding hydrogens is 201 g/mol. The van der Waals surface area contributed by atoms with Crippen molar-refractivity contribution in [3.63, 3.8) is 0 Å². The first-order chi connectivity index (χ1) is 7.72. The molecule has 1 aromatic carbocycles. The van der Waals surface area contributed by atoms with E-state index in [2.05, 4.69) is 18.0 Å². The van der Waals surface area contributed by atoms with Crippen molar-refractivity contribution < 1.29 is 4.39 Å². The van der Waals surface area contributed by atoms with E-state index in [1.54, 1.807) is 6.07 Å². The fourth-order valence-electron chi connectivity index (χ4n) is 2.65. The summed E-state index contributed by atoms with van der Waals surface area (Å²) in [6.07, 6.45) is 3.12. The summed E-state index contributed by atoms with van der Waals surface area (Å²) in [6, 6.07) is 5.54. The molecule has 88 valence electrons. The van der Waals surface area contributed by atoms with Gasteiger partial charge in [0.25, 0.3) is 0 Å². The van der Waals surface area contributed by atoms with Gasteiger partial charge in [-0.25, -0.2) is 4.39 Å². The molecule has 1 aliphatic rings. The van der Waals surface area contributed by atoms with Gasteiger partial charge in [0.1, 0.15) is 5.82 Å². The minimum absolute atomic E-state index is 0.0288. The van der Waals surface area contributed by atoms with Gasteiger partial charge < -0.3 is 4.90 Å². The molecule has 1 nitrogen and oxygen atoms in total. The minimum atomic E-state index is -0.0288. The van der Waals surface area contributed by atoms with Gasteiger partial charge in [-0.2, -0.15) is 0 Å². The van der Waals surface area contributed by atoms with E-state index in [4.69, 9.17) is 0 Å². The number of likely N-dealkylation sites (tertiary alicyclic amines) is 1. The summed E-state index contributed by atoms with van der Waals surface area (Å²) < 4.78 is 13.7. The molecule has 0 aromatic heterocycles. The van der Waals surface area contributed by atoms with Crippen LogP contribution in [0.5, 0.6) is 0 Å². The van der Waals surface area contributed by atoms with Crippen LogP contribution in [0.25, 0.3) is 0 Å². The summed E-state index contributed by atoms with van der Waals surface area (Å²) in [5.41, 5.74) is 2.17. The van der Waals surface area contributed by atoms with Crippen molar-refractivity contribution in [1.29, 1.82) is 0 Å². The SMILES string of the molecule is CCc1c(F)cccc1C1CCN(C)CC1. The molecule has 16 heavy (non-hydrogen) atoms. The molecule has 1 fully saturated rings. The summed E-state index contributed by atoms with van der Waals surface area (Å²) in [4.78, 5) is 2.35. The number of benzene rings is 1. The Bertz CT molecular complexity index is 354. The molecule has 1 saturated heterocycles. The van der Waals surface area contributed by atoms with Gasteiger partial charge in [0.15, 0.2) is 0 Å². The van der Waals surface area contributed by atoms with Crippen molar-refractivity contribution in [2.45, 2.75) is 32.1 Å². The highest BCUT2D eigenvalue weighted by molar-refractivity contribution is 5.32. The number of halogens is 1. The van der Waals surface area contributed by atoms with E-state index in [9.17, 15) is 4.39 Å². The maximum absolute atomic E-state index is 13.7. The number of hydrogen-bond acceptors (Lipinski definition) is 1. The zero-order valence-corrected chi connectivity index (χ0v) is 10.2. The molecule has 2 heteroatoms. The van der Waals surface area contributed by atoms with Crippen LogP contribution in [-0.2, 0) is 6.42 Å². The first-order valence-corrected chi connectivity index (χ1v) is 6.18. The Balaban J connectivity index is 2.23. The molecule has 0 aliphatic carbocycles. The number of nitrogens with zero attached hydrogens (tertiary/aromatic N) is 1. The lowest BCUT2D eigenvalue weighted by Gasteiger charge is -2.30. The zero-order chi connectivity index (χ0) is 11.5. The van der Waals surface area contributed by atoms with Crippen LogP contribution in [0.4, 0.5) is 4.39 Å².